The quantitative estimate of drug-likeness (QED) is 0.854. The van der Waals surface area contributed by atoms with Crippen LogP contribution in [0.3, 0.4) is 0 Å². The maximum atomic E-state index is 12.8. The smallest absolute Gasteiger partial charge is 0.262 e. The largest absolute Gasteiger partial charge is 0.482 e. The lowest BCUT2D eigenvalue weighted by atomic mass is 9.88. The first-order valence-corrected chi connectivity index (χ1v) is 8.92. The molecule has 1 saturated carbocycles. The van der Waals surface area contributed by atoms with Gasteiger partial charge in [0, 0.05) is 30.5 Å². The zero-order valence-electron chi connectivity index (χ0n) is 14.3. The summed E-state index contributed by atoms with van der Waals surface area (Å²) >= 11 is 0. The van der Waals surface area contributed by atoms with Gasteiger partial charge < -0.3 is 15.0 Å². The summed E-state index contributed by atoms with van der Waals surface area (Å²) in [7, 11) is 0. The van der Waals surface area contributed by atoms with Crippen LogP contribution in [0, 0.1) is 17.8 Å². The summed E-state index contributed by atoms with van der Waals surface area (Å²) < 4.78 is 5.33. The van der Waals surface area contributed by atoms with Crippen LogP contribution in [0.1, 0.15) is 36.5 Å². The van der Waals surface area contributed by atoms with Gasteiger partial charge in [0.2, 0.25) is 5.91 Å². The molecule has 2 amide bonds. The molecule has 1 saturated heterocycles. The van der Waals surface area contributed by atoms with Crippen molar-refractivity contribution < 1.29 is 19.1 Å². The third kappa shape index (κ3) is 3.13. The van der Waals surface area contributed by atoms with E-state index in [1.165, 1.54) is 0 Å². The highest BCUT2D eigenvalue weighted by Gasteiger charge is 2.42. The number of rotatable bonds is 3. The number of fused-ring (bicyclic) bond motifs is 1. The maximum Gasteiger partial charge on any atom is 0.262 e. The average Bonchev–Trinajstić information content (AvgIpc) is 3.36. The molecule has 1 aromatic carbocycles. The van der Waals surface area contributed by atoms with E-state index in [2.05, 4.69) is 12.2 Å². The van der Waals surface area contributed by atoms with Crippen molar-refractivity contribution >= 4 is 23.3 Å². The molecule has 2 fully saturated rings. The van der Waals surface area contributed by atoms with Gasteiger partial charge in [0.05, 0.1) is 5.69 Å². The number of Topliss-reactive ketones (excluding diaryl/α,β-unsaturated/α-hetero) is 1. The maximum absolute atomic E-state index is 12.8. The van der Waals surface area contributed by atoms with Crippen LogP contribution in [0.4, 0.5) is 5.69 Å². The number of nitrogens with one attached hydrogen (secondary N) is 1. The van der Waals surface area contributed by atoms with E-state index in [1.54, 1.807) is 18.2 Å². The molecule has 1 N–H and O–H groups in total. The third-order valence-corrected chi connectivity index (χ3v) is 5.50. The predicted octanol–water partition coefficient (Wildman–Crippen LogP) is 2.09. The van der Waals surface area contributed by atoms with Crippen LogP contribution >= 0.6 is 0 Å². The topological polar surface area (TPSA) is 75.7 Å². The van der Waals surface area contributed by atoms with Gasteiger partial charge in [-0.15, -0.1) is 0 Å². The number of benzene rings is 1. The van der Waals surface area contributed by atoms with Crippen LogP contribution in [0.15, 0.2) is 18.2 Å². The lowest BCUT2D eigenvalue weighted by molar-refractivity contribution is -0.134. The Morgan fingerprint density at radius 3 is 2.64 bits per heavy atom. The lowest BCUT2D eigenvalue weighted by Crippen LogP contribution is -2.41. The standard InChI is InChI=1S/C19H22N2O4/c1-11-8-14(11)19(24)21-6-4-12(5-7-21)18(23)13-2-3-16-15(9-13)20-17(22)10-25-16/h2-3,9,11-12,14H,4-8,10H2,1H3,(H,20,22). The minimum atomic E-state index is -0.210. The SMILES string of the molecule is CC1CC1C(=O)N1CCC(C(=O)c2ccc3c(c2)NC(=O)CO3)CC1. The fourth-order valence-corrected chi connectivity index (χ4v) is 3.73. The van der Waals surface area contributed by atoms with E-state index in [-0.39, 0.29) is 36.0 Å². The highest BCUT2D eigenvalue weighted by Crippen LogP contribution is 2.40. The summed E-state index contributed by atoms with van der Waals surface area (Å²) in [5.74, 6) is 1.37. The third-order valence-electron chi connectivity index (χ3n) is 5.50. The number of likely N-dealkylation sites (tertiary alicyclic amines) is 1. The lowest BCUT2D eigenvalue weighted by Gasteiger charge is -2.31. The summed E-state index contributed by atoms with van der Waals surface area (Å²) in [5.41, 5.74) is 1.14. The number of ether oxygens (including phenoxy) is 1. The molecule has 3 aliphatic rings. The average molecular weight is 342 g/mol. The summed E-state index contributed by atoms with van der Waals surface area (Å²) in [6.07, 6.45) is 2.40. The van der Waals surface area contributed by atoms with Gasteiger partial charge in [-0.25, -0.2) is 0 Å². The molecular formula is C19H22N2O4. The monoisotopic (exact) mass is 342 g/mol. The number of carbonyl (C=O) groups is 3. The number of nitrogens with zero attached hydrogens (tertiary/aromatic N) is 1. The van der Waals surface area contributed by atoms with Gasteiger partial charge in [-0.2, -0.15) is 0 Å². The second kappa shape index (κ2) is 6.17. The van der Waals surface area contributed by atoms with Gasteiger partial charge >= 0.3 is 0 Å². The molecule has 6 nitrogen and oxygen atoms in total. The number of anilines is 1. The minimum absolute atomic E-state index is 0.00634. The molecule has 2 aliphatic heterocycles. The van der Waals surface area contributed by atoms with Crippen molar-refractivity contribution in [3.8, 4) is 5.75 Å². The second-order valence-electron chi connectivity index (χ2n) is 7.33. The van der Waals surface area contributed by atoms with Crippen molar-refractivity contribution in [1.29, 1.82) is 0 Å². The molecule has 0 radical (unpaired) electrons. The Bertz CT molecular complexity index is 737. The van der Waals surface area contributed by atoms with E-state index in [4.69, 9.17) is 4.74 Å². The van der Waals surface area contributed by atoms with Gasteiger partial charge in [-0.05, 0) is 43.4 Å². The van der Waals surface area contributed by atoms with Crippen molar-refractivity contribution in [2.24, 2.45) is 17.8 Å². The number of piperidine rings is 1. The molecule has 1 aliphatic carbocycles. The second-order valence-corrected chi connectivity index (χ2v) is 7.33. The van der Waals surface area contributed by atoms with Crippen molar-refractivity contribution in [1.82, 2.24) is 4.90 Å². The first-order valence-electron chi connectivity index (χ1n) is 8.92. The summed E-state index contributed by atoms with van der Waals surface area (Å²) in [6.45, 7) is 3.43. The van der Waals surface area contributed by atoms with Crippen LogP contribution in [0.5, 0.6) is 5.75 Å². The van der Waals surface area contributed by atoms with Crippen LogP contribution in [0.2, 0.25) is 0 Å². The van der Waals surface area contributed by atoms with E-state index in [9.17, 15) is 14.4 Å². The molecule has 6 heteroatoms. The fourth-order valence-electron chi connectivity index (χ4n) is 3.73. The van der Waals surface area contributed by atoms with E-state index in [1.807, 2.05) is 4.90 Å². The molecule has 0 spiro atoms. The zero-order chi connectivity index (χ0) is 17.6. The predicted molar refractivity (Wildman–Crippen MR) is 91.5 cm³/mol. The fraction of sp³-hybridized carbons (Fsp3) is 0.526. The molecule has 2 atom stereocenters. The van der Waals surface area contributed by atoms with Crippen LogP contribution < -0.4 is 10.1 Å². The van der Waals surface area contributed by atoms with Crippen molar-refractivity contribution in [2.75, 3.05) is 25.0 Å². The van der Waals surface area contributed by atoms with Crippen molar-refractivity contribution in [2.45, 2.75) is 26.2 Å². The molecule has 4 rings (SSSR count). The van der Waals surface area contributed by atoms with Gasteiger partial charge in [-0.1, -0.05) is 6.92 Å². The summed E-state index contributed by atoms with van der Waals surface area (Å²) in [5, 5.41) is 2.73. The number of ketones is 1. The molecular weight excluding hydrogens is 320 g/mol. The van der Waals surface area contributed by atoms with Gasteiger partial charge in [0.15, 0.2) is 12.4 Å². The van der Waals surface area contributed by atoms with E-state index in [0.29, 0.717) is 48.8 Å². The normalized spacial score (nSPS) is 25.6. The molecule has 132 valence electrons. The number of carbonyl (C=O) groups excluding carboxylic acids is 3. The zero-order valence-corrected chi connectivity index (χ0v) is 14.3. The first-order chi connectivity index (χ1) is 12.0. The Labute approximate surface area is 146 Å². The van der Waals surface area contributed by atoms with Crippen molar-refractivity contribution in [3.63, 3.8) is 0 Å². The highest BCUT2D eigenvalue weighted by atomic mass is 16.5. The molecule has 2 unspecified atom stereocenters. The van der Waals surface area contributed by atoms with Gasteiger partial charge in [0.1, 0.15) is 5.75 Å². The van der Waals surface area contributed by atoms with Crippen molar-refractivity contribution in [3.05, 3.63) is 23.8 Å². The van der Waals surface area contributed by atoms with Crippen LogP contribution in [-0.2, 0) is 9.59 Å². The molecule has 0 bridgehead atoms. The van der Waals surface area contributed by atoms with Crippen LogP contribution in [0.25, 0.3) is 0 Å². The first kappa shape index (κ1) is 16.1. The number of hydrogen-bond donors (Lipinski definition) is 1. The van der Waals surface area contributed by atoms with E-state index < -0.39 is 0 Å². The highest BCUT2D eigenvalue weighted by molar-refractivity contribution is 6.01. The Morgan fingerprint density at radius 2 is 1.96 bits per heavy atom. The van der Waals surface area contributed by atoms with E-state index >= 15 is 0 Å². The molecule has 1 aromatic rings. The molecule has 2 heterocycles. The molecule has 0 aromatic heterocycles. The van der Waals surface area contributed by atoms with Gasteiger partial charge in [0.25, 0.3) is 5.91 Å². The Kier molecular flexibility index (Phi) is 3.98. The Morgan fingerprint density at radius 1 is 1.24 bits per heavy atom. The Balaban J connectivity index is 1.40. The number of amides is 2. The summed E-state index contributed by atoms with van der Waals surface area (Å²) in [4.78, 5) is 38.4. The summed E-state index contributed by atoms with van der Waals surface area (Å²) in [6, 6.07) is 5.18. The number of hydrogen-bond acceptors (Lipinski definition) is 4. The van der Waals surface area contributed by atoms with Gasteiger partial charge in [-0.3, -0.25) is 14.4 Å². The van der Waals surface area contributed by atoms with Crippen LogP contribution in [-0.4, -0.2) is 42.2 Å². The molecule has 25 heavy (non-hydrogen) atoms. The van der Waals surface area contributed by atoms with E-state index in [0.717, 1.165) is 6.42 Å². The Hall–Kier alpha value is -2.37. The minimum Gasteiger partial charge on any atom is -0.482 e.